The Bertz CT molecular complexity index is 1290. The fourth-order valence-electron chi connectivity index (χ4n) is 5.16. The Morgan fingerprint density at radius 2 is 1.82 bits per heavy atom. The summed E-state index contributed by atoms with van der Waals surface area (Å²) in [4.78, 5) is 40.0. The quantitative estimate of drug-likeness (QED) is 0.548. The molecule has 172 valence electrons. The molecule has 2 aromatic rings. The molecule has 1 unspecified atom stereocenters. The number of rotatable bonds is 4. The van der Waals surface area contributed by atoms with Crippen LogP contribution in [0.4, 0.5) is 10.5 Å². The van der Waals surface area contributed by atoms with E-state index < -0.39 is 21.6 Å². The number of benzene rings is 2. The van der Waals surface area contributed by atoms with Crippen LogP contribution in [0, 0.1) is 0 Å². The van der Waals surface area contributed by atoms with E-state index in [0.717, 1.165) is 22.3 Å². The first-order valence-electron chi connectivity index (χ1n) is 11.0. The third kappa shape index (κ3) is 3.70. The van der Waals surface area contributed by atoms with Gasteiger partial charge in [0.15, 0.2) is 5.78 Å². The largest absolute Gasteiger partial charge is 0.325 e. The van der Waals surface area contributed by atoms with Crippen LogP contribution in [0.1, 0.15) is 39.9 Å². The van der Waals surface area contributed by atoms with E-state index in [4.69, 9.17) is 0 Å². The molecule has 2 aliphatic heterocycles. The first-order valence-corrected chi connectivity index (χ1v) is 12.9. The highest BCUT2D eigenvalue weighted by atomic mass is 32.2. The molecule has 2 aromatic carbocycles. The Morgan fingerprint density at radius 3 is 2.58 bits per heavy atom. The van der Waals surface area contributed by atoms with Crippen LogP contribution in [-0.4, -0.2) is 55.9 Å². The summed E-state index contributed by atoms with van der Waals surface area (Å²) < 4.78 is 25.5. The van der Waals surface area contributed by atoms with Gasteiger partial charge < -0.3 is 5.32 Å². The van der Waals surface area contributed by atoms with Gasteiger partial charge in [0.05, 0.1) is 18.5 Å². The normalized spacial score (nSPS) is 22.2. The molecule has 1 atom stereocenters. The second kappa shape index (κ2) is 7.69. The third-order valence-corrected chi connectivity index (χ3v) is 8.04. The summed E-state index contributed by atoms with van der Waals surface area (Å²) in [7, 11) is -3.40. The van der Waals surface area contributed by atoms with Crippen molar-refractivity contribution in [1.82, 2.24) is 10.2 Å². The number of hydrogen-bond donors (Lipinski definition) is 1. The number of fused-ring (bicyclic) bond motifs is 2. The zero-order valence-corrected chi connectivity index (χ0v) is 19.2. The number of urea groups is 1. The fraction of sp³-hybridized carbons (Fsp3) is 0.375. The second-order valence-electron chi connectivity index (χ2n) is 9.05. The van der Waals surface area contributed by atoms with Gasteiger partial charge in [0.1, 0.15) is 5.54 Å². The molecular weight excluding hydrogens is 442 g/mol. The summed E-state index contributed by atoms with van der Waals surface area (Å²) >= 11 is 0. The number of anilines is 1. The predicted molar refractivity (Wildman–Crippen MR) is 123 cm³/mol. The van der Waals surface area contributed by atoms with Gasteiger partial charge >= 0.3 is 6.03 Å². The van der Waals surface area contributed by atoms with Crippen molar-refractivity contribution in [2.75, 3.05) is 23.7 Å². The van der Waals surface area contributed by atoms with Crippen LogP contribution in [0.5, 0.6) is 0 Å². The molecule has 1 spiro atoms. The lowest BCUT2D eigenvalue weighted by Gasteiger charge is -2.32. The van der Waals surface area contributed by atoms with Gasteiger partial charge in [-0.1, -0.05) is 24.3 Å². The number of sulfonamides is 1. The smallest absolute Gasteiger partial charge is 0.323 e. The molecule has 1 N–H and O–H groups in total. The maximum Gasteiger partial charge on any atom is 0.325 e. The van der Waals surface area contributed by atoms with E-state index in [1.807, 2.05) is 24.3 Å². The highest BCUT2D eigenvalue weighted by molar-refractivity contribution is 7.92. The molecule has 3 amide bonds. The molecule has 0 aromatic heterocycles. The molecule has 2 heterocycles. The molecule has 9 heteroatoms. The number of Topliss-reactive ketones (excluding diaryl/α,β-unsaturated/α-hetero) is 1. The van der Waals surface area contributed by atoms with Crippen LogP contribution in [0.15, 0.2) is 42.5 Å². The standard InChI is InChI=1S/C24H25N3O5S/c1-33(31,32)27-12-4-7-17-13-18(8-9-20(17)27)21(28)15-26-22(29)24(25-23(26)30)11-10-16-5-2-3-6-19(16)14-24/h2-3,5-6,8-9,13H,4,7,10-12,14-15H2,1H3,(H,25,30). The number of imide groups is 1. The number of nitrogens with one attached hydrogen (secondary N) is 1. The monoisotopic (exact) mass is 467 g/mol. The molecule has 0 bridgehead atoms. The molecule has 33 heavy (non-hydrogen) atoms. The van der Waals surface area contributed by atoms with Crippen molar-refractivity contribution in [3.05, 3.63) is 64.7 Å². The van der Waals surface area contributed by atoms with Crippen LogP contribution in [-0.2, 0) is 34.1 Å². The molecule has 1 saturated heterocycles. The Labute approximate surface area is 192 Å². The molecular formula is C24H25N3O5S. The van der Waals surface area contributed by atoms with E-state index in [1.54, 1.807) is 18.2 Å². The van der Waals surface area contributed by atoms with Crippen molar-refractivity contribution >= 4 is 33.4 Å². The first-order chi connectivity index (χ1) is 15.7. The summed E-state index contributed by atoms with van der Waals surface area (Å²) in [5, 5.41) is 2.85. The lowest BCUT2D eigenvalue weighted by atomic mass is 9.78. The van der Waals surface area contributed by atoms with Gasteiger partial charge in [0, 0.05) is 18.5 Å². The van der Waals surface area contributed by atoms with E-state index in [2.05, 4.69) is 5.32 Å². The van der Waals surface area contributed by atoms with Gasteiger partial charge in [-0.2, -0.15) is 0 Å². The zero-order valence-electron chi connectivity index (χ0n) is 18.3. The van der Waals surface area contributed by atoms with Gasteiger partial charge in [0.25, 0.3) is 5.91 Å². The Morgan fingerprint density at radius 1 is 1.06 bits per heavy atom. The lowest BCUT2D eigenvalue weighted by molar-refractivity contribution is -0.131. The predicted octanol–water partition coefficient (Wildman–Crippen LogP) is 2.06. The summed E-state index contributed by atoms with van der Waals surface area (Å²) in [6.45, 7) is 0.0649. The fourth-order valence-corrected chi connectivity index (χ4v) is 6.16. The summed E-state index contributed by atoms with van der Waals surface area (Å²) in [6, 6.07) is 12.2. The zero-order chi connectivity index (χ0) is 23.4. The first kappa shape index (κ1) is 21.6. The Kier molecular flexibility index (Phi) is 5.04. The average molecular weight is 468 g/mol. The van der Waals surface area contributed by atoms with Gasteiger partial charge in [0.2, 0.25) is 10.0 Å². The van der Waals surface area contributed by atoms with Gasteiger partial charge in [-0.3, -0.25) is 18.8 Å². The van der Waals surface area contributed by atoms with E-state index in [1.165, 1.54) is 9.87 Å². The number of ketones is 1. The third-order valence-electron chi connectivity index (χ3n) is 6.86. The van der Waals surface area contributed by atoms with Crippen LogP contribution < -0.4 is 9.62 Å². The van der Waals surface area contributed by atoms with Gasteiger partial charge in [-0.15, -0.1) is 0 Å². The Balaban J connectivity index is 1.36. The second-order valence-corrected chi connectivity index (χ2v) is 11.0. The Hall–Kier alpha value is -3.20. The van der Waals surface area contributed by atoms with Crippen molar-refractivity contribution in [3.8, 4) is 0 Å². The number of nitrogens with zero attached hydrogens (tertiary/aromatic N) is 2. The molecule has 5 rings (SSSR count). The van der Waals surface area contributed by atoms with Gasteiger partial charge in [-0.05, 0) is 60.6 Å². The average Bonchev–Trinajstić information content (AvgIpc) is 3.01. The van der Waals surface area contributed by atoms with E-state index in [9.17, 15) is 22.8 Å². The topological polar surface area (TPSA) is 104 Å². The van der Waals surface area contributed by atoms with Crippen molar-refractivity contribution in [2.24, 2.45) is 0 Å². The molecule has 1 aliphatic carbocycles. The minimum absolute atomic E-state index is 0.345. The van der Waals surface area contributed by atoms with Crippen LogP contribution in [0.2, 0.25) is 0 Å². The summed E-state index contributed by atoms with van der Waals surface area (Å²) in [5.41, 5.74) is 2.93. The van der Waals surface area contributed by atoms with Crippen LogP contribution in [0.25, 0.3) is 0 Å². The highest BCUT2D eigenvalue weighted by Crippen LogP contribution is 2.34. The molecule has 3 aliphatic rings. The van der Waals surface area contributed by atoms with Crippen molar-refractivity contribution < 1.29 is 22.8 Å². The summed E-state index contributed by atoms with van der Waals surface area (Å²) in [5.74, 6) is -0.720. The number of hydrogen-bond acceptors (Lipinski definition) is 5. The maximum absolute atomic E-state index is 13.3. The molecule has 0 radical (unpaired) electrons. The van der Waals surface area contributed by atoms with Crippen LogP contribution >= 0.6 is 0 Å². The van der Waals surface area contributed by atoms with Gasteiger partial charge in [-0.25, -0.2) is 13.2 Å². The minimum atomic E-state index is -3.40. The van der Waals surface area contributed by atoms with Crippen molar-refractivity contribution in [3.63, 3.8) is 0 Å². The molecule has 1 fully saturated rings. The molecule has 0 saturated carbocycles. The van der Waals surface area contributed by atoms with Crippen molar-refractivity contribution in [1.29, 1.82) is 0 Å². The lowest BCUT2D eigenvalue weighted by Crippen LogP contribution is -2.51. The number of aryl methyl sites for hydroxylation is 2. The van der Waals surface area contributed by atoms with E-state index in [-0.39, 0.29) is 18.2 Å². The van der Waals surface area contributed by atoms with Crippen molar-refractivity contribution in [2.45, 2.75) is 37.6 Å². The molecule has 8 nitrogen and oxygen atoms in total. The summed E-state index contributed by atoms with van der Waals surface area (Å²) in [6.07, 6.45) is 4.09. The van der Waals surface area contributed by atoms with E-state index >= 15 is 0 Å². The highest BCUT2D eigenvalue weighted by Gasteiger charge is 2.52. The number of amides is 3. The minimum Gasteiger partial charge on any atom is -0.323 e. The SMILES string of the molecule is CS(=O)(=O)N1CCCc2cc(C(=O)CN3C(=O)NC4(CCc5ccccc5C4)C3=O)ccc21. The number of carbonyl (C=O) groups is 3. The number of carbonyl (C=O) groups excluding carboxylic acids is 3. The van der Waals surface area contributed by atoms with Crippen LogP contribution in [0.3, 0.4) is 0 Å². The van der Waals surface area contributed by atoms with E-state index in [0.29, 0.717) is 49.9 Å². The maximum atomic E-state index is 13.3.